The third-order valence-electron chi connectivity index (χ3n) is 5.43. The Morgan fingerprint density at radius 2 is 1.92 bits per heavy atom. The lowest BCUT2D eigenvalue weighted by Gasteiger charge is -2.34. The quantitative estimate of drug-likeness (QED) is 0.898. The predicted molar refractivity (Wildman–Crippen MR) is 105 cm³/mol. The average Bonchev–Trinajstić information content (AvgIpc) is 3.18. The van der Waals surface area contributed by atoms with Crippen molar-refractivity contribution in [2.24, 2.45) is 0 Å². The zero-order chi connectivity index (χ0) is 18.3. The van der Waals surface area contributed by atoms with Crippen molar-refractivity contribution >= 4 is 29.3 Å². The lowest BCUT2D eigenvalue weighted by atomic mass is 10.0. The number of hydrogen-bond donors (Lipinski definition) is 1. The van der Waals surface area contributed by atoms with E-state index in [1.165, 1.54) is 5.56 Å². The molecule has 2 fully saturated rings. The van der Waals surface area contributed by atoms with Gasteiger partial charge in [-0.05, 0) is 49.1 Å². The molecule has 0 bridgehead atoms. The van der Waals surface area contributed by atoms with Crippen LogP contribution in [0, 0.1) is 13.8 Å². The fourth-order valence-electron chi connectivity index (χ4n) is 3.88. The van der Waals surface area contributed by atoms with Gasteiger partial charge in [-0.25, -0.2) is 0 Å². The molecular formula is C21H22N2O2S. The number of aryl methyl sites for hydroxylation is 2. The second-order valence-electron chi connectivity index (χ2n) is 7.03. The molecule has 0 aromatic heterocycles. The topological polar surface area (TPSA) is 49.4 Å². The number of anilines is 1. The second kappa shape index (κ2) is 6.47. The van der Waals surface area contributed by atoms with E-state index in [4.69, 9.17) is 0 Å². The number of thioether (sulfide) groups is 1. The van der Waals surface area contributed by atoms with Crippen molar-refractivity contribution in [1.82, 2.24) is 4.90 Å². The molecule has 2 atom stereocenters. The summed E-state index contributed by atoms with van der Waals surface area (Å²) in [6, 6.07) is 15.5. The van der Waals surface area contributed by atoms with Crippen molar-refractivity contribution in [3.63, 3.8) is 0 Å². The van der Waals surface area contributed by atoms with Crippen molar-refractivity contribution in [3.8, 4) is 0 Å². The lowest BCUT2D eigenvalue weighted by molar-refractivity contribution is -0.136. The van der Waals surface area contributed by atoms with Crippen LogP contribution >= 0.6 is 11.8 Å². The minimum Gasteiger partial charge on any atom is -0.324 e. The Kier molecular flexibility index (Phi) is 4.27. The molecule has 2 amide bonds. The molecule has 2 aromatic rings. The van der Waals surface area contributed by atoms with Crippen LogP contribution in [0.1, 0.15) is 29.5 Å². The van der Waals surface area contributed by atoms with Crippen LogP contribution in [0.3, 0.4) is 0 Å². The summed E-state index contributed by atoms with van der Waals surface area (Å²) < 4.78 is 0. The second-order valence-corrected chi connectivity index (χ2v) is 8.33. The standard InChI is InChI=1S/C21H22N2O2S/c1-14-8-9-17(12-15(14)2)22-20(25)18-13-26-21(11-10-19(24)23(18)21)16-6-4-3-5-7-16/h3-9,12,18H,10-11,13H2,1-2H3,(H,22,25)/t18-,21+/m1/s1. The molecule has 4 rings (SSSR count). The summed E-state index contributed by atoms with van der Waals surface area (Å²) in [4.78, 5) is 27.0. The van der Waals surface area contributed by atoms with E-state index in [9.17, 15) is 9.59 Å². The van der Waals surface area contributed by atoms with E-state index in [2.05, 4.69) is 17.4 Å². The van der Waals surface area contributed by atoms with Crippen molar-refractivity contribution in [3.05, 3.63) is 65.2 Å². The molecule has 2 aliphatic rings. The van der Waals surface area contributed by atoms with Gasteiger partial charge in [0.15, 0.2) is 0 Å². The summed E-state index contributed by atoms with van der Waals surface area (Å²) >= 11 is 1.71. The zero-order valence-electron chi connectivity index (χ0n) is 15.0. The zero-order valence-corrected chi connectivity index (χ0v) is 15.8. The first-order valence-corrected chi connectivity index (χ1v) is 9.89. The van der Waals surface area contributed by atoms with E-state index >= 15 is 0 Å². The number of benzene rings is 2. The van der Waals surface area contributed by atoms with Gasteiger partial charge in [0, 0.05) is 17.9 Å². The Balaban J connectivity index is 1.60. The molecule has 0 spiro atoms. The van der Waals surface area contributed by atoms with E-state index in [0.29, 0.717) is 12.2 Å². The molecule has 2 saturated heterocycles. The van der Waals surface area contributed by atoms with Crippen LogP contribution in [-0.4, -0.2) is 28.5 Å². The molecule has 0 unspecified atom stereocenters. The van der Waals surface area contributed by atoms with Crippen LogP contribution in [-0.2, 0) is 14.5 Å². The molecule has 26 heavy (non-hydrogen) atoms. The number of nitrogens with zero attached hydrogens (tertiary/aromatic N) is 1. The fourth-order valence-corrected chi connectivity index (χ4v) is 5.53. The summed E-state index contributed by atoms with van der Waals surface area (Å²) in [7, 11) is 0. The summed E-state index contributed by atoms with van der Waals surface area (Å²) in [5.41, 5.74) is 4.22. The molecule has 5 heteroatoms. The van der Waals surface area contributed by atoms with E-state index in [-0.39, 0.29) is 11.8 Å². The first-order valence-electron chi connectivity index (χ1n) is 8.91. The maximum Gasteiger partial charge on any atom is 0.248 e. The number of amides is 2. The van der Waals surface area contributed by atoms with Crippen molar-refractivity contribution in [2.75, 3.05) is 11.1 Å². The molecule has 0 radical (unpaired) electrons. The summed E-state index contributed by atoms with van der Waals surface area (Å²) in [6.45, 7) is 4.08. The normalized spacial score (nSPS) is 24.6. The van der Waals surface area contributed by atoms with Gasteiger partial charge in [0.05, 0.1) is 0 Å². The Hall–Kier alpha value is -2.27. The molecule has 2 heterocycles. The third kappa shape index (κ3) is 2.71. The van der Waals surface area contributed by atoms with E-state index in [1.807, 2.05) is 55.1 Å². The highest BCUT2D eigenvalue weighted by Crippen LogP contribution is 2.54. The molecule has 1 N–H and O–H groups in total. The molecular weight excluding hydrogens is 344 g/mol. The van der Waals surface area contributed by atoms with Crippen LogP contribution in [0.15, 0.2) is 48.5 Å². The SMILES string of the molecule is Cc1ccc(NC(=O)[C@H]2CS[C@]3(c4ccccc4)CCC(=O)N23)cc1C. The Morgan fingerprint density at radius 3 is 2.65 bits per heavy atom. The maximum atomic E-state index is 13.0. The van der Waals surface area contributed by atoms with Gasteiger partial charge in [0.2, 0.25) is 11.8 Å². The van der Waals surface area contributed by atoms with E-state index < -0.39 is 10.9 Å². The largest absolute Gasteiger partial charge is 0.324 e. The first-order chi connectivity index (χ1) is 12.5. The van der Waals surface area contributed by atoms with E-state index in [0.717, 1.165) is 23.2 Å². The Morgan fingerprint density at radius 1 is 1.15 bits per heavy atom. The number of nitrogens with one attached hydrogen (secondary N) is 1. The van der Waals surface area contributed by atoms with Gasteiger partial charge >= 0.3 is 0 Å². The molecule has 2 aromatic carbocycles. The van der Waals surface area contributed by atoms with Crippen LogP contribution in [0.5, 0.6) is 0 Å². The van der Waals surface area contributed by atoms with Gasteiger partial charge in [0.25, 0.3) is 0 Å². The van der Waals surface area contributed by atoms with Gasteiger partial charge in [-0.2, -0.15) is 0 Å². The van der Waals surface area contributed by atoms with Gasteiger partial charge in [-0.3, -0.25) is 9.59 Å². The number of hydrogen-bond acceptors (Lipinski definition) is 3. The van der Waals surface area contributed by atoms with Crippen LogP contribution in [0.2, 0.25) is 0 Å². The van der Waals surface area contributed by atoms with Crippen LogP contribution < -0.4 is 5.32 Å². The summed E-state index contributed by atoms with van der Waals surface area (Å²) in [5, 5.41) is 3.01. The number of fused-ring (bicyclic) bond motifs is 1. The maximum absolute atomic E-state index is 13.0. The monoisotopic (exact) mass is 366 g/mol. The molecule has 0 aliphatic carbocycles. The predicted octanol–water partition coefficient (Wildman–Crippen LogP) is 3.83. The van der Waals surface area contributed by atoms with Crippen LogP contribution in [0.25, 0.3) is 0 Å². The van der Waals surface area contributed by atoms with Gasteiger partial charge in [-0.15, -0.1) is 11.8 Å². The average molecular weight is 366 g/mol. The molecule has 4 nitrogen and oxygen atoms in total. The molecule has 0 saturated carbocycles. The Bertz CT molecular complexity index is 868. The highest BCUT2D eigenvalue weighted by molar-refractivity contribution is 8.00. The summed E-state index contributed by atoms with van der Waals surface area (Å²) in [6.07, 6.45) is 1.25. The van der Waals surface area contributed by atoms with Crippen molar-refractivity contribution in [1.29, 1.82) is 0 Å². The summed E-state index contributed by atoms with van der Waals surface area (Å²) in [5.74, 6) is 0.588. The number of carbonyl (C=O) groups excluding carboxylic acids is 2. The van der Waals surface area contributed by atoms with Gasteiger partial charge in [-0.1, -0.05) is 36.4 Å². The molecule has 134 valence electrons. The van der Waals surface area contributed by atoms with Gasteiger partial charge < -0.3 is 10.2 Å². The third-order valence-corrected chi connectivity index (χ3v) is 7.03. The fraction of sp³-hybridized carbons (Fsp3) is 0.333. The molecule has 2 aliphatic heterocycles. The van der Waals surface area contributed by atoms with Crippen LogP contribution in [0.4, 0.5) is 5.69 Å². The first kappa shape index (κ1) is 17.2. The van der Waals surface area contributed by atoms with Crippen molar-refractivity contribution in [2.45, 2.75) is 37.6 Å². The minimum atomic E-state index is -0.434. The smallest absolute Gasteiger partial charge is 0.248 e. The minimum absolute atomic E-state index is 0.0686. The number of carbonyl (C=O) groups is 2. The Labute approximate surface area is 158 Å². The van der Waals surface area contributed by atoms with Crippen molar-refractivity contribution < 1.29 is 9.59 Å². The highest BCUT2D eigenvalue weighted by Gasteiger charge is 2.56. The number of rotatable bonds is 3. The van der Waals surface area contributed by atoms with E-state index in [1.54, 1.807) is 11.8 Å². The lowest BCUT2D eigenvalue weighted by Crippen LogP contribution is -2.48. The van der Waals surface area contributed by atoms with Gasteiger partial charge in [0.1, 0.15) is 10.9 Å². The highest BCUT2D eigenvalue weighted by atomic mass is 32.2.